The molecule has 1 atom stereocenters. The number of carbonyl (C=O) groups excluding carboxylic acids is 1. The van der Waals surface area contributed by atoms with Crippen molar-refractivity contribution in [3.05, 3.63) is 0 Å². The molecule has 1 aliphatic rings. The summed E-state index contributed by atoms with van der Waals surface area (Å²) in [7, 11) is 0. The molecular formula is C10H20N2O2. The van der Waals surface area contributed by atoms with Gasteiger partial charge in [0, 0.05) is 19.1 Å². The van der Waals surface area contributed by atoms with E-state index in [0.717, 1.165) is 6.42 Å². The first-order chi connectivity index (χ1) is 6.47. The van der Waals surface area contributed by atoms with Gasteiger partial charge in [0.1, 0.15) is 0 Å². The maximum absolute atomic E-state index is 11.5. The number of nitrogens with zero attached hydrogens (tertiary/aromatic N) is 1. The summed E-state index contributed by atoms with van der Waals surface area (Å²) in [6, 6.07) is 0.174. The molecule has 0 aromatic carbocycles. The molecule has 0 radical (unpaired) electrons. The summed E-state index contributed by atoms with van der Waals surface area (Å²) < 4.78 is 4.96. The van der Waals surface area contributed by atoms with Gasteiger partial charge in [-0.05, 0) is 18.8 Å². The predicted octanol–water partition coefficient (Wildman–Crippen LogP) is 1.20. The van der Waals surface area contributed by atoms with Gasteiger partial charge in [-0.1, -0.05) is 13.8 Å². The Morgan fingerprint density at radius 2 is 2.29 bits per heavy atom. The van der Waals surface area contributed by atoms with Crippen LogP contribution in [0.3, 0.4) is 0 Å². The van der Waals surface area contributed by atoms with Crippen LogP contribution in [0.4, 0.5) is 4.79 Å². The molecule has 0 aliphatic carbocycles. The summed E-state index contributed by atoms with van der Waals surface area (Å²) in [6.45, 7) is 7.82. The highest BCUT2D eigenvalue weighted by Gasteiger charge is 2.35. The first-order valence-electron chi connectivity index (χ1n) is 5.14. The third-order valence-electron chi connectivity index (χ3n) is 2.84. The lowest BCUT2D eigenvalue weighted by Crippen LogP contribution is -2.54. The van der Waals surface area contributed by atoms with Gasteiger partial charge in [0.25, 0.3) is 0 Å². The fraction of sp³-hybridized carbons (Fsp3) is 0.900. The van der Waals surface area contributed by atoms with Crippen molar-refractivity contribution in [2.24, 2.45) is 11.1 Å². The van der Waals surface area contributed by atoms with Gasteiger partial charge in [-0.15, -0.1) is 0 Å². The third-order valence-corrected chi connectivity index (χ3v) is 2.84. The molecule has 0 saturated carbocycles. The van der Waals surface area contributed by atoms with Gasteiger partial charge in [0.15, 0.2) is 0 Å². The van der Waals surface area contributed by atoms with Crippen LogP contribution in [0.1, 0.15) is 27.2 Å². The fourth-order valence-corrected chi connectivity index (χ4v) is 1.74. The summed E-state index contributed by atoms with van der Waals surface area (Å²) >= 11 is 0. The van der Waals surface area contributed by atoms with Crippen LogP contribution >= 0.6 is 0 Å². The number of rotatable bonds is 1. The number of nitrogens with two attached hydrogens (primary N) is 1. The predicted molar refractivity (Wildman–Crippen MR) is 55.0 cm³/mol. The summed E-state index contributed by atoms with van der Waals surface area (Å²) in [5.41, 5.74) is 5.96. The minimum atomic E-state index is -0.215. The molecule has 1 rings (SSSR count). The lowest BCUT2D eigenvalue weighted by molar-refractivity contribution is 0.0611. The quantitative estimate of drug-likeness (QED) is 0.692. The smallest absolute Gasteiger partial charge is 0.409 e. The number of piperidine rings is 1. The number of hydrogen-bond donors (Lipinski definition) is 1. The Labute approximate surface area is 85.4 Å². The minimum absolute atomic E-state index is 0.00892. The first-order valence-corrected chi connectivity index (χ1v) is 5.14. The van der Waals surface area contributed by atoms with Gasteiger partial charge in [-0.25, -0.2) is 4.79 Å². The van der Waals surface area contributed by atoms with Crippen molar-refractivity contribution in [2.75, 3.05) is 19.7 Å². The van der Waals surface area contributed by atoms with Gasteiger partial charge < -0.3 is 15.4 Å². The molecule has 1 aliphatic heterocycles. The van der Waals surface area contributed by atoms with Gasteiger partial charge in [0.2, 0.25) is 0 Å². The molecule has 1 saturated heterocycles. The normalized spacial score (nSPS) is 26.0. The van der Waals surface area contributed by atoms with E-state index in [2.05, 4.69) is 13.8 Å². The summed E-state index contributed by atoms with van der Waals surface area (Å²) in [5.74, 6) is 0. The summed E-state index contributed by atoms with van der Waals surface area (Å²) in [4.78, 5) is 13.2. The number of hydrogen-bond acceptors (Lipinski definition) is 3. The SMILES string of the molecule is CCOC(=O)N1CCC(N)C(C)(C)C1. The monoisotopic (exact) mass is 200 g/mol. The van der Waals surface area contributed by atoms with Crippen molar-refractivity contribution in [3.63, 3.8) is 0 Å². The zero-order valence-electron chi connectivity index (χ0n) is 9.25. The molecule has 1 amide bonds. The lowest BCUT2D eigenvalue weighted by atomic mass is 9.80. The largest absolute Gasteiger partial charge is 0.450 e. The maximum atomic E-state index is 11.5. The van der Waals surface area contributed by atoms with Crippen molar-refractivity contribution >= 4 is 6.09 Å². The Bertz CT molecular complexity index is 216. The molecule has 0 spiro atoms. The molecule has 0 aromatic heterocycles. The van der Waals surface area contributed by atoms with Crippen LogP contribution < -0.4 is 5.73 Å². The highest BCUT2D eigenvalue weighted by molar-refractivity contribution is 5.67. The molecule has 82 valence electrons. The van der Waals surface area contributed by atoms with Crippen LogP contribution in [0.2, 0.25) is 0 Å². The Kier molecular flexibility index (Phi) is 3.37. The Morgan fingerprint density at radius 3 is 2.79 bits per heavy atom. The number of likely N-dealkylation sites (tertiary alicyclic amines) is 1. The van der Waals surface area contributed by atoms with Crippen LogP contribution in [0.15, 0.2) is 0 Å². The van der Waals surface area contributed by atoms with Gasteiger partial charge in [0.05, 0.1) is 6.61 Å². The Balaban J connectivity index is 2.55. The van der Waals surface area contributed by atoms with Crippen LogP contribution in [0, 0.1) is 5.41 Å². The molecular weight excluding hydrogens is 180 g/mol. The lowest BCUT2D eigenvalue weighted by Gasteiger charge is -2.41. The molecule has 4 nitrogen and oxygen atoms in total. The summed E-state index contributed by atoms with van der Waals surface area (Å²) in [5, 5.41) is 0. The number of ether oxygens (including phenoxy) is 1. The average Bonchev–Trinajstić information content (AvgIpc) is 2.10. The van der Waals surface area contributed by atoms with E-state index in [4.69, 9.17) is 10.5 Å². The zero-order valence-corrected chi connectivity index (χ0v) is 9.25. The van der Waals surface area contributed by atoms with Crippen LogP contribution in [-0.2, 0) is 4.74 Å². The second-order valence-corrected chi connectivity index (χ2v) is 4.50. The fourth-order valence-electron chi connectivity index (χ4n) is 1.74. The topological polar surface area (TPSA) is 55.6 Å². The Hall–Kier alpha value is -0.770. The van der Waals surface area contributed by atoms with Crippen molar-refractivity contribution < 1.29 is 9.53 Å². The van der Waals surface area contributed by atoms with Crippen molar-refractivity contribution in [1.29, 1.82) is 0 Å². The highest BCUT2D eigenvalue weighted by Crippen LogP contribution is 2.27. The summed E-state index contributed by atoms with van der Waals surface area (Å²) in [6.07, 6.45) is 0.638. The average molecular weight is 200 g/mol. The molecule has 1 unspecified atom stereocenters. The van der Waals surface area contributed by atoms with E-state index < -0.39 is 0 Å². The van der Waals surface area contributed by atoms with Gasteiger partial charge in [-0.3, -0.25) is 0 Å². The van der Waals surface area contributed by atoms with E-state index in [0.29, 0.717) is 19.7 Å². The minimum Gasteiger partial charge on any atom is -0.450 e. The molecule has 1 heterocycles. The second kappa shape index (κ2) is 4.17. The standard InChI is InChI=1S/C10H20N2O2/c1-4-14-9(13)12-6-5-8(11)10(2,3)7-12/h8H,4-7,11H2,1-3H3. The maximum Gasteiger partial charge on any atom is 0.409 e. The van der Waals surface area contributed by atoms with Crippen molar-refractivity contribution in [1.82, 2.24) is 4.90 Å². The van der Waals surface area contributed by atoms with E-state index in [1.807, 2.05) is 6.92 Å². The molecule has 2 N–H and O–H groups in total. The van der Waals surface area contributed by atoms with E-state index >= 15 is 0 Å². The van der Waals surface area contributed by atoms with Crippen molar-refractivity contribution in [2.45, 2.75) is 33.2 Å². The zero-order chi connectivity index (χ0) is 10.8. The highest BCUT2D eigenvalue weighted by atomic mass is 16.6. The van der Waals surface area contributed by atoms with Crippen LogP contribution in [-0.4, -0.2) is 36.7 Å². The van der Waals surface area contributed by atoms with E-state index in [1.54, 1.807) is 4.90 Å². The van der Waals surface area contributed by atoms with Crippen LogP contribution in [0.5, 0.6) is 0 Å². The number of carbonyl (C=O) groups is 1. The molecule has 4 heteroatoms. The molecule has 0 bridgehead atoms. The molecule has 0 aromatic rings. The van der Waals surface area contributed by atoms with Gasteiger partial charge in [-0.2, -0.15) is 0 Å². The Morgan fingerprint density at radius 1 is 1.64 bits per heavy atom. The third kappa shape index (κ3) is 2.38. The molecule has 1 fully saturated rings. The van der Waals surface area contributed by atoms with Crippen molar-refractivity contribution in [3.8, 4) is 0 Å². The first kappa shape index (κ1) is 11.3. The number of amides is 1. The van der Waals surface area contributed by atoms with Gasteiger partial charge >= 0.3 is 6.09 Å². The van der Waals surface area contributed by atoms with E-state index in [-0.39, 0.29) is 17.6 Å². The second-order valence-electron chi connectivity index (χ2n) is 4.50. The van der Waals surface area contributed by atoms with Crippen LogP contribution in [0.25, 0.3) is 0 Å². The van der Waals surface area contributed by atoms with E-state index in [9.17, 15) is 4.79 Å². The molecule has 14 heavy (non-hydrogen) atoms. The van der Waals surface area contributed by atoms with E-state index in [1.165, 1.54) is 0 Å².